The standard InChI is InChI=1S/C25H21N3O4/c1-27-10-8-13-6-7-15-18(22(13)27)20-21(25(32)26-24(20)31)19-17-14(12-30)4-2-5-16(17)28(23(15)19)9-3-11-29/h2,4-8,10,29-30H,3,9,11-12H2,1H3,(H,26,31,32). The molecule has 0 radical (unpaired) electrons. The quantitative estimate of drug-likeness (QED) is 0.384. The molecule has 2 amide bonds. The number of carbonyl (C=O) groups excluding carboxylic acids is 2. The number of amides is 2. The average Bonchev–Trinajstić information content (AvgIpc) is 3.43. The summed E-state index contributed by atoms with van der Waals surface area (Å²) >= 11 is 0. The molecule has 0 saturated carbocycles. The van der Waals surface area contributed by atoms with Crippen molar-refractivity contribution in [1.82, 2.24) is 14.5 Å². The summed E-state index contributed by atoms with van der Waals surface area (Å²) in [5.74, 6) is -0.819. The van der Waals surface area contributed by atoms with Gasteiger partial charge in [0.05, 0.1) is 28.8 Å². The maximum atomic E-state index is 13.1. The van der Waals surface area contributed by atoms with Gasteiger partial charge in [0.1, 0.15) is 0 Å². The molecule has 160 valence electrons. The number of benzene rings is 3. The predicted octanol–water partition coefficient (Wildman–Crippen LogP) is 3.20. The number of fused-ring (bicyclic) bond motifs is 10. The van der Waals surface area contributed by atoms with Gasteiger partial charge in [0.25, 0.3) is 11.8 Å². The predicted molar refractivity (Wildman–Crippen MR) is 123 cm³/mol. The number of nitrogens with one attached hydrogen (secondary N) is 1. The van der Waals surface area contributed by atoms with Crippen molar-refractivity contribution in [3.8, 4) is 0 Å². The molecule has 1 aliphatic heterocycles. The Kier molecular flexibility index (Phi) is 3.96. The zero-order valence-corrected chi connectivity index (χ0v) is 17.5. The number of hydrogen-bond donors (Lipinski definition) is 3. The average molecular weight is 427 g/mol. The van der Waals surface area contributed by atoms with Crippen molar-refractivity contribution in [1.29, 1.82) is 0 Å². The smallest absolute Gasteiger partial charge is 0.259 e. The summed E-state index contributed by atoms with van der Waals surface area (Å²) in [7, 11) is 1.93. The van der Waals surface area contributed by atoms with Crippen LogP contribution < -0.4 is 5.32 Å². The number of nitrogens with zero attached hydrogens (tertiary/aromatic N) is 2. The Balaban J connectivity index is 1.98. The Hall–Kier alpha value is -3.68. The lowest BCUT2D eigenvalue weighted by Gasteiger charge is -2.13. The summed E-state index contributed by atoms with van der Waals surface area (Å²) in [6.45, 7) is 0.389. The maximum absolute atomic E-state index is 13.1. The van der Waals surface area contributed by atoms with Crippen LogP contribution in [0.3, 0.4) is 0 Å². The lowest BCUT2D eigenvalue weighted by Crippen LogP contribution is -2.20. The number of aliphatic hydroxyl groups excluding tert-OH is 2. The van der Waals surface area contributed by atoms with Crippen molar-refractivity contribution in [3.63, 3.8) is 0 Å². The lowest BCUT2D eigenvalue weighted by molar-refractivity contribution is 0.0880. The highest BCUT2D eigenvalue weighted by Crippen LogP contribution is 2.44. The molecule has 0 atom stereocenters. The maximum Gasteiger partial charge on any atom is 0.259 e. The van der Waals surface area contributed by atoms with Crippen LogP contribution in [0.25, 0.3) is 43.5 Å². The molecular weight excluding hydrogens is 406 g/mol. The van der Waals surface area contributed by atoms with Crippen molar-refractivity contribution in [2.45, 2.75) is 19.6 Å². The van der Waals surface area contributed by atoms with Crippen LogP contribution in [-0.4, -0.2) is 37.8 Å². The van der Waals surface area contributed by atoms with E-state index in [1.165, 1.54) is 0 Å². The SMILES string of the molecule is Cn1ccc2ccc3c(c4c(c5c6c(CO)cccc6n(CCCO)c35)C(=O)NC4=O)c21. The largest absolute Gasteiger partial charge is 0.396 e. The molecule has 0 saturated heterocycles. The summed E-state index contributed by atoms with van der Waals surface area (Å²) in [6, 6.07) is 11.7. The molecule has 0 fully saturated rings. The molecule has 5 aromatic rings. The summed E-state index contributed by atoms with van der Waals surface area (Å²) in [4.78, 5) is 26.2. The van der Waals surface area contributed by atoms with Crippen LogP contribution in [0.2, 0.25) is 0 Å². The number of imide groups is 1. The molecule has 32 heavy (non-hydrogen) atoms. The fraction of sp³-hybridized carbons (Fsp3) is 0.200. The molecule has 0 bridgehead atoms. The Morgan fingerprint density at radius 1 is 0.906 bits per heavy atom. The summed E-state index contributed by atoms with van der Waals surface area (Å²) < 4.78 is 4.08. The van der Waals surface area contributed by atoms with Crippen LogP contribution in [0.15, 0.2) is 42.6 Å². The highest BCUT2D eigenvalue weighted by atomic mass is 16.3. The minimum atomic E-state index is -0.419. The second kappa shape index (κ2) is 6.66. The van der Waals surface area contributed by atoms with Gasteiger partial charge in [-0.15, -0.1) is 0 Å². The Morgan fingerprint density at radius 3 is 2.44 bits per heavy atom. The van der Waals surface area contributed by atoms with Gasteiger partial charge < -0.3 is 19.3 Å². The summed E-state index contributed by atoms with van der Waals surface area (Å²) in [5, 5.41) is 26.2. The molecule has 3 N–H and O–H groups in total. The van der Waals surface area contributed by atoms with Crippen molar-refractivity contribution >= 4 is 55.3 Å². The van der Waals surface area contributed by atoms with Gasteiger partial charge in [-0.05, 0) is 24.1 Å². The normalized spacial score (nSPS) is 13.7. The fourth-order valence-corrected chi connectivity index (χ4v) is 5.36. The number of hydrogen-bond acceptors (Lipinski definition) is 4. The van der Waals surface area contributed by atoms with Crippen molar-refractivity contribution in [2.24, 2.45) is 7.05 Å². The number of aliphatic hydroxyl groups is 2. The minimum absolute atomic E-state index is 0.0325. The van der Waals surface area contributed by atoms with Crippen molar-refractivity contribution < 1.29 is 19.8 Å². The third-order valence-electron chi connectivity index (χ3n) is 6.61. The van der Waals surface area contributed by atoms with Crippen LogP contribution in [0.5, 0.6) is 0 Å². The highest BCUT2D eigenvalue weighted by Gasteiger charge is 2.35. The van der Waals surface area contributed by atoms with Gasteiger partial charge in [-0.25, -0.2) is 0 Å². The van der Waals surface area contributed by atoms with Gasteiger partial charge in [0.2, 0.25) is 0 Å². The third-order valence-corrected chi connectivity index (χ3v) is 6.61. The molecule has 2 aromatic heterocycles. The Labute approximate surface area is 182 Å². The van der Waals surface area contributed by atoms with Crippen LogP contribution >= 0.6 is 0 Å². The number of rotatable bonds is 4. The van der Waals surface area contributed by atoms with E-state index in [2.05, 4.69) is 9.88 Å². The zero-order valence-electron chi connectivity index (χ0n) is 17.5. The van der Waals surface area contributed by atoms with Crippen LogP contribution in [-0.2, 0) is 20.2 Å². The van der Waals surface area contributed by atoms with Crippen LogP contribution in [0.4, 0.5) is 0 Å². The van der Waals surface area contributed by atoms with E-state index in [4.69, 9.17) is 0 Å². The topological polar surface area (TPSA) is 96.5 Å². The van der Waals surface area contributed by atoms with Crippen LogP contribution in [0.1, 0.15) is 32.7 Å². The van der Waals surface area contributed by atoms with Gasteiger partial charge in [0.15, 0.2) is 0 Å². The molecule has 6 rings (SSSR count). The van der Waals surface area contributed by atoms with E-state index < -0.39 is 11.8 Å². The first-order valence-corrected chi connectivity index (χ1v) is 10.6. The van der Waals surface area contributed by atoms with Gasteiger partial charge in [-0.3, -0.25) is 14.9 Å². The van der Waals surface area contributed by atoms with Crippen molar-refractivity contribution in [2.75, 3.05) is 6.61 Å². The fourth-order valence-electron chi connectivity index (χ4n) is 5.36. The molecule has 3 heterocycles. The first-order valence-electron chi connectivity index (χ1n) is 10.6. The highest BCUT2D eigenvalue weighted by molar-refractivity contribution is 6.39. The molecule has 1 aliphatic rings. The van der Waals surface area contributed by atoms with Crippen molar-refractivity contribution in [3.05, 3.63) is 59.3 Å². The molecule has 3 aromatic carbocycles. The first kappa shape index (κ1) is 19.0. The van der Waals surface area contributed by atoms with Gasteiger partial charge in [-0.1, -0.05) is 24.3 Å². The third kappa shape index (κ3) is 2.26. The van der Waals surface area contributed by atoms with Gasteiger partial charge in [0, 0.05) is 58.8 Å². The second-order valence-electron chi connectivity index (χ2n) is 8.31. The van der Waals surface area contributed by atoms with E-state index >= 15 is 0 Å². The zero-order chi connectivity index (χ0) is 22.1. The number of aromatic nitrogens is 2. The van der Waals surface area contributed by atoms with E-state index in [0.717, 1.165) is 38.1 Å². The molecule has 7 heteroatoms. The van der Waals surface area contributed by atoms with E-state index in [1.807, 2.05) is 54.2 Å². The molecule has 0 aliphatic carbocycles. The Bertz CT molecular complexity index is 1620. The number of carbonyl (C=O) groups is 2. The van der Waals surface area contributed by atoms with E-state index in [0.29, 0.717) is 35.0 Å². The second-order valence-corrected chi connectivity index (χ2v) is 8.31. The monoisotopic (exact) mass is 427 g/mol. The van der Waals surface area contributed by atoms with E-state index in [-0.39, 0.29) is 13.2 Å². The molecule has 7 nitrogen and oxygen atoms in total. The van der Waals surface area contributed by atoms with E-state index in [1.54, 1.807) is 0 Å². The molecule has 0 spiro atoms. The lowest BCUT2D eigenvalue weighted by atomic mass is 9.92. The summed E-state index contributed by atoms with van der Waals surface area (Å²) in [6.07, 6.45) is 2.49. The van der Waals surface area contributed by atoms with Crippen LogP contribution in [0, 0.1) is 0 Å². The first-order chi connectivity index (χ1) is 15.6. The minimum Gasteiger partial charge on any atom is -0.396 e. The van der Waals surface area contributed by atoms with Gasteiger partial charge in [-0.2, -0.15) is 0 Å². The molecular formula is C25H21N3O4. The Morgan fingerprint density at radius 2 is 1.69 bits per heavy atom. The number of aryl methyl sites for hydroxylation is 2. The van der Waals surface area contributed by atoms with Gasteiger partial charge >= 0.3 is 0 Å². The molecule has 0 unspecified atom stereocenters. The van der Waals surface area contributed by atoms with E-state index in [9.17, 15) is 19.8 Å². The summed E-state index contributed by atoms with van der Waals surface area (Å²) in [5.41, 5.74) is 4.05.